The van der Waals surface area contributed by atoms with Gasteiger partial charge in [-0.3, -0.25) is 0 Å². The predicted octanol–water partition coefficient (Wildman–Crippen LogP) is 4.86. The molecule has 0 atom stereocenters. The van der Waals surface area contributed by atoms with E-state index >= 15 is 0 Å². The zero-order valence-electron chi connectivity index (χ0n) is 14.9. The average Bonchev–Trinajstić information content (AvgIpc) is 2.64. The summed E-state index contributed by atoms with van der Waals surface area (Å²) in [4.78, 5) is 22.6. The van der Waals surface area contributed by atoms with Crippen LogP contribution in [0.25, 0.3) is 6.08 Å². The van der Waals surface area contributed by atoms with Crippen LogP contribution in [-0.4, -0.2) is 29.8 Å². The van der Waals surface area contributed by atoms with Gasteiger partial charge in [0.15, 0.2) is 11.6 Å². The third-order valence-electron chi connectivity index (χ3n) is 3.54. The highest BCUT2D eigenvalue weighted by atomic mass is 19.4. The number of carboxylic acids is 1. The van der Waals surface area contributed by atoms with Crippen LogP contribution in [0.1, 0.15) is 28.8 Å². The van der Waals surface area contributed by atoms with Gasteiger partial charge in [0.05, 0.1) is 12.2 Å². The number of carboxylic acid groups (broad SMARTS) is 1. The number of hydrogen-bond acceptors (Lipinski definition) is 4. The second-order valence-electron chi connectivity index (χ2n) is 5.84. The molecule has 2 aromatic carbocycles. The number of halogens is 4. The number of hydrogen-bond donors (Lipinski definition) is 1. The van der Waals surface area contributed by atoms with Crippen molar-refractivity contribution in [2.24, 2.45) is 0 Å². The summed E-state index contributed by atoms with van der Waals surface area (Å²) in [5.41, 5.74) is 0.463. The predicted molar refractivity (Wildman–Crippen MR) is 95.3 cm³/mol. The SMILES string of the molecule is O=C(O)C=Cc1ccc(OC(=O)c2ccc(OCCCC(F)(F)F)c(F)c2)cc1. The largest absolute Gasteiger partial charge is 0.491 e. The standard InChI is InChI=1S/C20H16F4O5/c21-16-12-14(5-8-17(16)28-11-1-10-20(22,23)24)19(27)29-15-6-2-13(3-7-15)4-9-18(25)26/h2-9,12H,1,10-11H2,(H,25,26). The van der Waals surface area contributed by atoms with Crippen molar-refractivity contribution in [3.05, 3.63) is 65.5 Å². The van der Waals surface area contributed by atoms with Crippen LogP contribution < -0.4 is 9.47 Å². The van der Waals surface area contributed by atoms with Gasteiger partial charge in [-0.15, -0.1) is 0 Å². The van der Waals surface area contributed by atoms with E-state index in [4.69, 9.17) is 14.6 Å². The van der Waals surface area contributed by atoms with Crippen molar-refractivity contribution < 1.29 is 41.7 Å². The minimum atomic E-state index is -4.31. The van der Waals surface area contributed by atoms with Gasteiger partial charge in [0.1, 0.15) is 5.75 Å². The van der Waals surface area contributed by atoms with Gasteiger partial charge in [-0.25, -0.2) is 14.0 Å². The van der Waals surface area contributed by atoms with E-state index in [1.165, 1.54) is 36.4 Å². The molecule has 0 aliphatic rings. The minimum Gasteiger partial charge on any atom is -0.491 e. The number of esters is 1. The van der Waals surface area contributed by atoms with Crippen molar-refractivity contribution >= 4 is 18.0 Å². The summed E-state index contributed by atoms with van der Waals surface area (Å²) in [5, 5.41) is 8.57. The summed E-state index contributed by atoms with van der Waals surface area (Å²) in [5.74, 6) is -2.95. The fourth-order valence-corrected chi connectivity index (χ4v) is 2.18. The molecule has 0 saturated carbocycles. The summed E-state index contributed by atoms with van der Waals surface area (Å²) in [7, 11) is 0. The third-order valence-corrected chi connectivity index (χ3v) is 3.54. The molecule has 0 aliphatic carbocycles. The minimum absolute atomic E-state index is 0.111. The van der Waals surface area contributed by atoms with Crippen molar-refractivity contribution in [2.45, 2.75) is 19.0 Å². The zero-order chi connectivity index (χ0) is 21.4. The number of aliphatic carboxylic acids is 1. The zero-order valence-corrected chi connectivity index (χ0v) is 14.9. The number of ether oxygens (including phenoxy) is 2. The monoisotopic (exact) mass is 412 g/mol. The molecule has 0 heterocycles. The van der Waals surface area contributed by atoms with Gasteiger partial charge < -0.3 is 14.6 Å². The Morgan fingerprint density at radius 3 is 2.34 bits per heavy atom. The van der Waals surface area contributed by atoms with Crippen LogP contribution in [0.5, 0.6) is 11.5 Å². The van der Waals surface area contributed by atoms with Crippen molar-refractivity contribution in [2.75, 3.05) is 6.61 Å². The highest BCUT2D eigenvalue weighted by Gasteiger charge is 2.26. The molecular weight excluding hydrogens is 396 g/mol. The molecule has 9 heteroatoms. The van der Waals surface area contributed by atoms with Crippen molar-refractivity contribution in [1.29, 1.82) is 0 Å². The van der Waals surface area contributed by atoms with E-state index < -0.39 is 30.4 Å². The van der Waals surface area contributed by atoms with Crippen molar-refractivity contribution in [3.63, 3.8) is 0 Å². The topological polar surface area (TPSA) is 72.8 Å². The molecule has 0 saturated heterocycles. The molecular formula is C20H16F4O5. The highest BCUT2D eigenvalue weighted by Crippen LogP contribution is 2.23. The summed E-state index contributed by atoms with van der Waals surface area (Å²) >= 11 is 0. The van der Waals surface area contributed by atoms with Crippen LogP contribution in [0.3, 0.4) is 0 Å². The van der Waals surface area contributed by atoms with Gasteiger partial charge in [-0.2, -0.15) is 13.2 Å². The lowest BCUT2D eigenvalue weighted by Crippen LogP contribution is -2.11. The van der Waals surface area contributed by atoms with E-state index in [1.807, 2.05) is 0 Å². The van der Waals surface area contributed by atoms with E-state index in [1.54, 1.807) is 0 Å². The Labute approximate surface area is 163 Å². The molecule has 154 valence electrons. The quantitative estimate of drug-likeness (QED) is 0.220. The van der Waals surface area contributed by atoms with Gasteiger partial charge in [0.2, 0.25) is 0 Å². The summed E-state index contributed by atoms with van der Waals surface area (Å²) < 4.78 is 60.3. The number of carbonyl (C=O) groups is 2. The van der Waals surface area contributed by atoms with Crippen LogP contribution in [0.4, 0.5) is 17.6 Å². The maximum atomic E-state index is 14.0. The maximum Gasteiger partial charge on any atom is 0.389 e. The van der Waals surface area contributed by atoms with Crippen LogP contribution in [0.2, 0.25) is 0 Å². The van der Waals surface area contributed by atoms with Gasteiger partial charge in [-0.1, -0.05) is 12.1 Å². The summed E-state index contributed by atoms with van der Waals surface area (Å²) in [6.45, 7) is -0.317. The Hall–Kier alpha value is -3.36. The number of carbonyl (C=O) groups excluding carboxylic acids is 1. The molecule has 0 aromatic heterocycles. The van der Waals surface area contributed by atoms with Crippen LogP contribution >= 0.6 is 0 Å². The fourth-order valence-electron chi connectivity index (χ4n) is 2.18. The molecule has 0 bridgehead atoms. The van der Waals surface area contributed by atoms with Crippen molar-refractivity contribution in [1.82, 2.24) is 0 Å². The Kier molecular flexibility index (Phi) is 7.35. The number of rotatable bonds is 8. The van der Waals surface area contributed by atoms with Gasteiger partial charge >= 0.3 is 18.1 Å². The van der Waals surface area contributed by atoms with E-state index in [-0.39, 0.29) is 30.1 Å². The normalized spacial score (nSPS) is 11.4. The van der Waals surface area contributed by atoms with Crippen LogP contribution in [-0.2, 0) is 4.79 Å². The number of benzene rings is 2. The first-order chi connectivity index (χ1) is 13.6. The van der Waals surface area contributed by atoms with E-state index in [9.17, 15) is 27.2 Å². The smallest absolute Gasteiger partial charge is 0.389 e. The average molecular weight is 412 g/mol. The first-order valence-corrected chi connectivity index (χ1v) is 8.36. The first kappa shape index (κ1) is 21.9. The Morgan fingerprint density at radius 1 is 1.07 bits per heavy atom. The van der Waals surface area contributed by atoms with Gasteiger partial charge in [-0.05, 0) is 48.4 Å². The van der Waals surface area contributed by atoms with Crippen LogP contribution in [0, 0.1) is 5.82 Å². The molecule has 5 nitrogen and oxygen atoms in total. The van der Waals surface area contributed by atoms with E-state index in [0.717, 1.165) is 18.2 Å². The van der Waals surface area contributed by atoms with Crippen molar-refractivity contribution in [3.8, 4) is 11.5 Å². The number of alkyl halides is 3. The molecule has 0 amide bonds. The fraction of sp³-hybridized carbons (Fsp3) is 0.200. The molecule has 0 aliphatic heterocycles. The van der Waals surface area contributed by atoms with Gasteiger partial charge in [0, 0.05) is 12.5 Å². The molecule has 1 N–H and O–H groups in total. The van der Waals surface area contributed by atoms with Gasteiger partial charge in [0.25, 0.3) is 0 Å². The Bertz CT molecular complexity index is 889. The van der Waals surface area contributed by atoms with E-state index in [0.29, 0.717) is 5.56 Å². The lowest BCUT2D eigenvalue weighted by molar-refractivity contribution is -0.136. The lowest BCUT2D eigenvalue weighted by atomic mass is 10.2. The Balaban J connectivity index is 1.94. The Morgan fingerprint density at radius 2 is 1.76 bits per heavy atom. The summed E-state index contributed by atoms with van der Waals surface area (Å²) in [6.07, 6.45) is -3.35. The lowest BCUT2D eigenvalue weighted by Gasteiger charge is -2.10. The molecule has 0 radical (unpaired) electrons. The second kappa shape index (κ2) is 9.72. The summed E-state index contributed by atoms with van der Waals surface area (Å²) in [6, 6.07) is 9.17. The van der Waals surface area contributed by atoms with Crippen LogP contribution in [0.15, 0.2) is 48.5 Å². The highest BCUT2D eigenvalue weighted by molar-refractivity contribution is 5.91. The third kappa shape index (κ3) is 7.65. The molecule has 2 rings (SSSR count). The molecule has 0 fully saturated rings. The molecule has 0 spiro atoms. The molecule has 0 unspecified atom stereocenters. The molecule has 29 heavy (non-hydrogen) atoms. The maximum absolute atomic E-state index is 14.0. The second-order valence-corrected chi connectivity index (χ2v) is 5.84. The molecule has 2 aromatic rings. The first-order valence-electron chi connectivity index (χ1n) is 8.36. The van der Waals surface area contributed by atoms with E-state index in [2.05, 4.69) is 0 Å².